The molecule has 1 saturated carbocycles. The van der Waals surface area contributed by atoms with Gasteiger partial charge in [0.2, 0.25) is 0 Å². The summed E-state index contributed by atoms with van der Waals surface area (Å²) in [5, 5.41) is 4.23. The van der Waals surface area contributed by atoms with Crippen LogP contribution in [0.2, 0.25) is 0 Å². The molecule has 1 aliphatic heterocycles. The molecule has 20 heavy (non-hydrogen) atoms. The van der Waals surface area contributed by atoms with Gasteiger partial charge in [0.1, 0.15) is 5.78 Å². The summed E-state index contributed by atoms with van der Waals surface area (Å²) in [4.78, 5) is 14.6. The highest BCUT2D eigenvalue weighted by molar-refractivity contribution is 5.83. The van der Waals surface area contributed by atoms with E-state index < -0.39 is 0 Å². The number of aryl methyl sites for hydroxylation is 1. The lowest BCUT2D eigenvalue weighted by Gasteiger charge is -2.38. The standard InChI is InChI=1S/C16H25N3O/c1-18-13(8-10-17-18)9-12-19-11-3-2-6-15(19)14-5-4-7-16(14)20/h8,10,14-15H,2-7,9,11-12H2,1H3. The summed E-state index contributed by atoms with van der Waals surface area (Å²) in [6.45, 7) is 2.22. The lowest BCUT2D eigenvalue weighted by Crippen LogP contribution is -2.46. The van der Waals surface area contributed by atoms with Crippen LogP contribution in [0.4, 0.5) is 0 Å². The van der Waals surface area contributed by atoms with Gasteiger partial charge in [0.25, 0.3) is 0 Å². The van der Waals surface area contributed by atoms with Gasteiger partial charge in [-0.2, -0.15) is 5.10 Å². The highest BCUT2D eigenvalue weighted by Gasteiger charge is 2.36. The van der Waals surface area contributed by atoms with Crippen molar-refractivity contribution in [3.8, 4) is 0 Å². The summed E-state index contributed by atoms with van der Waals surface area (Å²) in [6, 6.07) is 2.60. The third-order valence-corrected chi connectivity index (χ3v) is 5.06. The highest BCUT2D eigenvalue weighted by atomic mass is 16.1. The maximum Gasteiger partial charge on any atom is 0.137 e. The minimum Gasteiger partial charge on any atom is -0.299 e. The third kappa shape index (κ3) is 2.80. The molecule has 4 heteroatoms. The third-order valence-electron chi connectivity index (χ3n) is 5.06. The number of rotatable bonds is 4. The monoisotopic (exact) mass is 275 g/mol. The van der Waals surface area contributed by atoms with Crippen molar-refractivity contribution in [3.05, 3.63) is 18.0 Å². The van der Waals surface area contributed by atoms with Gasteiger partial charge in [-0.25, -0.2) is 0 Å². The first-order valence-corrected chi connectivity index (χ1v) is 7.99. The van der Waals surface area contributed by atoms with Crippen LogP contribution in [0.1, 0.15) is 44.2 Å². The second-order valence-corrected chi connectivity index (χ2v) is 6.26. The van der Waals surface area contributed by atoms with Crippen LogP contribution in [-0.2, 0) is 18.3 Å². The van der Waals surface area contributed by atoms with E-state index in [0.29, 0.717) is 17.7 Å². The molecule has 110 valence electrons. The maximum absolute atomic E-state index is 12.1. The number of nitrogens with zero attached hydrogens (tertiary/aromatic N) is 3. The van der Waals surface area contributed by atoms with E-state index in [9.17, 15) is 4.79 Å². The molecule has 0 aromatic carbocycles. The number of ketones is 1. The largest absolute Gasteiger partial charge is 0.299 e. The predicted molar refractivity (Wildman–Crippen MR) is 78.5 cm³/mol. The molecule has 2 atom stereocenters. The van der Waals surface area contributed by atoms with Crippen molar-refractivity contribution in [2.24, 2.45) is 13.0 Å². The Morgan fingerprint density at radius 1 is 1.30 bits per heavy atom. The molecule has 0 spiro atoms. The fourth-order valence-electron chi connectivity index (χ4n) is 3.90. The Labute approximate surface area is 121 Å². The number of carbonyl (C=O) groups is 1. The summed E-state index contributed by atoms with van der Waals surface area (Å²) in [5.74, 6) is 0.837. The molecule has 1 aromatic heterocycles. The van der Waals surface area contributed by atoms with Gasteiger partial charge in [0.15, 0.2) is 0 Å². The summed E-state index contributed by atoms with van der Waals surface area (Å²) in [5.41, 5.74) is 1.28. The van der Waals surface area contributed by atoms with Gasteiger partial charge < -0.3 is 0 Å². The van der Waals surface area contributed by atoms with E-state index in [1.54, 1.807) is 0 Å². The van der Waals surface area contributed by atoms with E-state index in [1.165, 1.54) is 25.0 Å². The predicted octanol–water partition coefficient (Wildman–Crippen LogP) is 2.19. The van der Waals surface area contributed by atoms with Crippen LogP contribution < -0.4 is 0 Å². The number of piperidine rings is 1. The van der Waals surface area contributed by atoms with Gasteiger partial charge in [-0.3, -0.25) is 14.4 Å². The molecule has 0 amide bonds. The minimum absolute atomic E-state index is 0.321. The molecular weight excluding hydrogens is 250 g/mol. The lowest BCUT2D eigenvalue weighted by atomic mass is 9.88. The molecule has 2 heterocycles. The topological polar surface area (TPSA) is 38.1 Å². The Balaban J connectivity index is 1.63. The van der Waals surface area contributed by atoms with E-state index in [0.717, 1.165) is 38.8 Å². The molecule has 2 aliphatic rings. The van der Waals surface area contributed by atoms with E-state index in [1.807, 2.05) is 17.9 Å². The van der Waals surface area contributed by atoms with Crippen LogP contribution in [0.5, 0.6) is 0 Å². The zero-order valence-corrected chi connectivity index (χ0v) is 12.4. The Kier molecular flexibility index (Phi) is 4.20. The fraction of sp³-hybridized carbons (Fsp3) is 0.750. The summed E-state index contributed by atoms with van der Waals surface area (Å²) in [6.07, 6.45) is 9.72. The van der Waals surface area contributed by atoms with Crippen molar-refractivity contribution in [2.45, 2.75) is 51.0 Å². The van der Waals surface area contributed by atoms with Crippen molar-refractivity contribution < 1.29 is 4.79 Å². The molecule has 0 radical (unpaired) electrons. The van der Waals surface area contributed by atoms with Crippen molar-refractivity contribution >= 4 is 5.78 Å². The van der Waals surface area contributed by atoms with Gasteiger partial charge in [0.05, 0.1) is 0 Å². The van der Waals surface area contributed by atoms with Gasteiger partial charge in [-0.15, -0.1) is 0 Å². The number of carbonyl (C=O) groups excluding carboxylic acids is 1. The Morgan fingerprint density at radius 3 is 2.90 bits per heavy atom. The van der Waals surface area contributed by atoms with Crippen LogP contribution in [0.15, 0.2) is 12.3 Å². The maximum atomic E-state index is 12.1. The first-order chi connectivity index (χ1) is 9.75. The number of Topliss-reactive ketones (excluding diaryl/α,β-unsaturated/α-hetero) is 1. The number of hydrogen-bond acceptors (Lipinski definition) is 3. The quantitative estimate of drug-likeness (QED) is 0.845. The highest BCUT2D eigenvalue weighted by Crippen LogP contribution is 2.32. The second-order valence-electron chi connectivity index (χ2n) is 6.26. The smallest absolute Gasteiger partial charge is 0.137 e. The average Bonchev–Trinajstić information content (AvgIpc) is 3.06. The molecule has 0 bridgehead atoms. The van der Waals surface area contributed by atoms with Gasteiger partial charge in [-0.1, -0.05) is 6.42 Å². The van der Waals surface area contributed by atoms with Crippen LogP contribution in [0.25, 0.3) is 0 Å². The minimum atomic E-state index is 0.321. The number of likely N-dealkylation sites (tertiary alicyclic amines) is 1. The molecule has 1 aromatic rings. The summed E-state index contributed by atoms with van der Waals surface area (Å²) in [7, 11) is 2.00. The van der Waals surface area contributed by atoms with Gasteiger partial charge >= 0.3 is 0 Å². The van der Waals surface area contributed by atoms with Gasteiger partial charge in [-0.05, 0) is 38.3 Å². The molecular formula is C16H25N3O. The average molecular weight is 275 g/mol. The lowest BCUT2D eigenvalue weighted by molar-refractivity contribution is -0.123. The molecule has 2 unspecified atom stereocenters. The van der Waals surface area contributed by atoms with E-state index in [-0.39, 0.29) is 0 Å². The molecule has 3 rings (SSSR count). The normalized spacial score (nSPS) is 28.1. The first-order valence-electron chi connectivity index (χ1n) is 7.99. The van der Waals surface area contributed by atoms with Crippen LogP contribution in [-0.4, -0.2) is 39.6 Å². The molecule has 1 saturated heterocycles. The van der Waals surface area contributed by atoms with Crippen molar-refractivity contribution in [3.63, 3.8) is 0 Å². The molecule has 4 nitrogen and oxygen atoms in total. The number of hydrogen-bond donors (Lipinski definition) is 0. The Morgan fingerprint density at radius 2 is 2.20 bits per heavy atom. The Bertz CT molecular complexity index is 468. The SMILES string of the molecule is Cn1nccc1CCN1CCCCC1C1CCCC1=O. The fourth-order valence-corrected chi connectivity index (χ4v) is 3.90. The van der Waals surface area contributed by atoms with Crippen molar-refractivity contribution in [1.29, 1.82) is 0 Å². The van der Waals surface area contributed by atoms with Crippen molar-refractivity contribution in [2.75, 3.05) is 13.1 Å². The van der Waals surface area contributed by atoms with E-state index in [4.69, 9.17) is 0 Å². The van der Waals surface area contributed by atoms with E-state index in [2.05, 4.69) is 16.1 Å². The zero-order chi connectivity index (χ0) is 13.9. The van der Waals surface area contributed by atoms with Crippen LogP contribution in [0.3, 0.4) is 0 Å². The molecule has 2 fully saturated rings. The second kappa shape index (κ2) is 6.08. The molecule has 1 aliphatic carbocycles. The van der Waals surface area contributed by atoms with Gasteiger partial charge in [0, 0.05) is 50.3 Å². The van der Waals surface area contributed by atoms with Crippen molar-refractivity contribution in [1.82, 2.24) is 14.7 Å². The van der Waals surface area contributed by atoms with E-state index >= 15 is 0 Å². The number of aromatic nitrogens is 2. The summed E-state index contributed by atoms with van der Waals surface area (Å²) >= 11 is 0. The first kappa shape index (κ1) is 13.8. The zero-order valence-electron chi connectivity index (χ0n) is 12.4. The summed E-state index contributed by atoms with van der Waals surface area (Å²) < 4.78 is 1.96. The molecule has 0 N–H and O–H groups in total. The Hall–Kier alpha value is -1.16. The van der Waals surface area contributed by atoms with Crippen LogP contribution >= 0.6 is 0 Å². The van der Waals surface area contributed by atoms with Crippen LogP contribution in [0, 0.1) is 5.92 Å².